The summed E-state index contributed by atoms with van der Waals surface area (Å²) in [6, 6.07) is 7.70. The molecule has 12 heteroatoms. The predicted octanol–water partition coefficient (Wildman–Crippen LogP) is 3.16. The monoisotopic (exact) mass is 586 g/mol. The second-order valence-corrected chi connectivity index (χ2v) is 12.5. The lowest BCUT2D eigenvalue weighted by molar-refractivity contribution is -0.125. The van der Waals surface area contributed by atoms with E-state index in [1.807, 2.05) is 25.2 Å². The van der Waals surface area contributed by atoms with Crippen LogP contribution in [-0.4, -0.2) is 81.8 Å². The molecule has 3 aliphatic rings. The Balaban J connectivity index is 0.00000323. The summed E-state index contributed by atoms with van der Waals surface area (Å²) in [6.45, 7) is 5.38. The van der Waals surface area contributed by atoms with Crippen LogP contribution in [0.1, 0.15) is 31.2 Å². The van der Waals surface area contributed by atoms with E-state index < -0.39 is 15.4 Å². The number of pyridine rings is 2. The van der Waals surface area contributed by atoms with Crippen molar-refractivity contribution in [2.45, 2.75) is 31.1 Å². The van der Waals surface area contributed by atoms with Gasteiger partial charge in [-0.05, 0) is 43.0 Å². The SMILES string of the molecule is CN1C(=O)C2(CCC2)c2c1cnc1ccc(-c3cnc(OCCCN4CCNCC4)c(NS(C)(=O)=O)c3)cc21.Cl. The molecule has 1 saturated heterocycles. The molecule has 0 unspecified atom stereocenters. The topological polar surface area (TPSA) is 117 Å². The summed E-state index contributed by atoms with van der Waals surface area (Å²) in [4.78, 5) is 26.4. The Hall–Kier alpha value is -2.99. The number of carbonyl (C=O) groups is 1. The number of aromatic nitrogens is 2. The van der Waals surface area contributed by atoms with Gasteiger partial charge < -0.3 is 19.9 Å². The first-order valence-corrected chi connectivity index (χ1v) is 15.4. The maximum atomic E-state index is 13.2. The zero-order valence-electron chi connectivity index (χ0n) is 22.8. The molecule has 1 aromatic carbocycles. The molecule has 0 atom stereocenters. The van der Waals surface area contributed by atoms with E-state index in [0.29, 0.717) is 12.3 Å². The minimum absolute atomic E-state index is 0. The molecule has 2 aromatic heterocycles. The van der Waals surface area contributed by atoms with Gasteiger partial charge in [0, 0.05) is 62.5 Å². The van der Waals surface area contributed by atoms with E-state index in [-0.39, 0.29) is 24.2 Å². The van der Waals surface area contributed by atoms with Crippen molar-refractivity contribution in [1.29, 1.82) is 0 Å². The average molecular weight is 587 g/mol. The number of hydrogen-bond donors (Lipinski definition) is 2. The highest BCUT2D eigenvalue weighted by Crippen LogP contribution is 2.55. The lowest BCUT2D eigenvalue weighted by Gasteiger charge is -2.37. The van der Waals surface area contributed by atoms with Gasteiger partial charge in [0.25, 0.3) is 0 Å². The molecular formula is C28H35ClN6O4S. The first-order valence-electron chi connectivity index (χ1n) is 13.5. The fraction of sp³-hybridized carbons (Fsp3) is 0.464. The third kappa shape index (κ3) is 5.23. The molecule has 1 amide bonds. The van der Waals surface area contributed by atoms with Crippen LogP contribution >= 0.6 is 12.4 Å². The van der Waals surface area contributed by atoms with Gasteiger partial charge >= 0.3 is 0 Å². The number of ether oxygens (including phenoxy) is 1. The van der Waals surface area contributed by atoms with Crippen LogP contribution in [-0.2, 0) is 20.2 Å². The van der Waals surface area contributed by atoms with Crippen LogP contribution in [0, 0.1) is 0 Å². The number of rotatable bonds is 8. The van der Waals surface area contributed by atoms with Gasteiger partial charge in [0.05, 0.1) is 35.7 Å². The van der Waals surface area contributed by atoms with Crippen molar-refractivity contribution in [2.24, 2.45) is 0 Å². The van der Waals surface area contributed by atoms with Crippen molar-refractivity contribution in [1.82, 2.24) is 20.2 Å². The van der Waals surface area contributed by atoms with Crippen LogP contribution in [0.25, 0.3) is 22.0 Å². The number of nitrogens with zero attached hydrogens (tertiary/aromatic N) is 4. The maximum absolute atomic E-state index is 13.2. The van der Waals surface area contributed by atoms with Crippen molar-refractivity contribution < 1.29 is 17.9 Å². The van der Waals surface area contributed by atoms with Gasteiger partial charge in [-0.2, -0.15) is 0 Å². The Morgan fingerprint density at radius 3 is 2.58 bits per heavy atom. The fourth-order valence-electron chi connectivity index (χ4n) is 6.04. The highest BCUT2D eigenvalue weighted by molar-refractivity contribution is 7.92. The molecule has 1 saturated carbocycles. The number of halogens is 1. The van der Waals surface area contributed by atoms with Gasteiger partial charge in [-0.1, -0.05) is 12.5 Å². The summed E-state index contributed by atoms with van der Waals surface area (Å²) in [5, 5.41) is 4.30. The Bertz CT molecular complexity index is 1540. The smallest absolute Gasteiger partial charge is 0.238 e. The van der Waals surface area contributed by atoms with Crippen molar-refractivity contribution in [3.63, 3.8) is 0 Å². The average Bonchev–Trinajstić information content (AvgIpc) is 3.14. The summed E-state index contributed by atoms with van der Waals surface area (Å²) in [5.74, 6) is 0.400. The van der Waals surface area contributed by atoms with Crippen LogP contribution in [0.5, 0.6) is 5.88 Å². The molecule has 0 bridgehead atoms. The second-order valence-electron chi connectivity index (χ2n) is 10.8. The third-order valence-electron chi connectivity index (χ3n) is 8.16. The first kappa shape index (κ1) is 28.5. The van der Waals surface area contributed by atoms with Crippen LogP contribution in [0.15, 0.2) is 36.7 Å². The van der Waals surface area contributed by atoms with E-state index in [0.717, 1.165) is 97.9 Å². The van der Waals surface area contributed by atoms with Crippen molar-refractivity contribution in [3.8, 4) is 17.0 Å². The molecule has 6 rings (SSSR count). The molecule has 2 fully saturated rings. The third-order valence-corrected chi connectivity index (χ3v) is 8.75. The number of hydrogen-bond acceptors (Lipinski definition) is 8. The van der Waals surface area contributed by atoms with Gasteiger partial charge in [0.1, 0.15) is 5.69 Å². The van der Waals surface area contributed by atoms with Gasteiger partial charge in [-0.3, -0.25) is 14.5 Å². The molecule has 40 heavy (non-hydrogen) atoms. The number of anilines is 2. The lowest BCUT2D eigenvalue weighted by atomic mass is 9.64. The number of sulfonamides is 1. The summed E-state index contributed by atoms with van der Waals surface area (Å²) in [7, 11) is -1.73. The Morgan fingerprint density at radius 2 is 1.88 bits per heavy atom. The minimum Gasteiger partial charge on any atom is -0.476 e. The number of piperazine rings is 1. The van der Waals surface area contributed by atoms with Gasteiger partial charge in [-0.15, -0.1) is 12.4 Å². The summed E-state index contributed by atoms with van der Waals surface area (Å²) in [5.41, 5.74) is 4.20. The van der Waals surface area contributed by atoms with Gasteiger partial charge in [0.15, 0.2) is 0 Å². The molecule has 4 heterocycles. The zero-order chi connectivity index (χ0) is 27.2. The quantitative estimate of drug-likeness (QED) is 0.387. The van der Waals surface area contributed by atoms with E-state index in [1.165, 1.54) is 0 Å². The van der Waals surface area contributed by atoms with E-state index in [4.69, 9.17) is 4.74 Å². The number of likely N-dealkylation sites (N-methyl/N-ethyl adjacent to an activating group) is 1. The van der Waals surface area contributed by atoms with Gasteiger partial charge in [-0.25, -0.2) is 13.4 Å². The molecule has 1 aliphatic carbocycles. The number of fused-ring (bicyclic) bond motifs is 4. The van der Waals surface area contributed by atoms with E-state index in [1.54, 1.807) is 23.4 Å². The standard InChI is InChI=1S/C28H34N6O4S.ClH/c1-33-24-18-30-22-6-5-19(15-21(22)25(24)28(27(33)35)7-3-8-28)20-16-23(32-39(2,36)37)26(31-17-20)38-14-4-11-34-12-9-29-10-13-34;/h5-6,15-18,29,32H,3-4,7-14H2,1-2H3;1H. The minimum atomic E-state index is -3.55. The van der Waals surface area contributed by atoms with Crippen LogP contribution in [0.4, 0.5) is 11.4 Å². The predicted molar refractivity (Wildman–Crippen MR) is 159 cm³/mol. The lowest BCUT2D eigenvalue weighted by Crippen LogP contribution is -2.44. The summed E-state index contributed by atoms with van der Waals surface area (Å²) < 4.78 is 32.8. The number of amides is 1. The molecule has 1 spiro atoms. The van der Waals surface area contributed by atoms with Crippen LogP contribution < -0.4 is 19.7 Å². The largest absolute Gasteiger partial charge is 0.476 e. The number of nitrogens with one attached hydrogen (secondary N) is 2. The molecule has 214 valence electrons. The van der Waals surface area contributed by atoms with E-state index >= 15 is 0 Å². The molecule has 2 aliphatic heterocycles. The Labute approximate surface area is 241 Å². The Morgan fingerprint density at radius 1 is 1.10 bits per heavy atom. The van der Waals surface area contributed by atoms with E-state index in [2.05, 4.69) is 24.9 Å². The normalized spacial score (nSPS) is 18.4. The highest BCUT2D eigenvalue weighted by atomic mass is 35.5. The number of carbonyl (C=O) groups excluding carboxylic acids is 1. The number of benzene rings is 1. The zero-order valence-corrected chi connectivity index (χ0v) is 24.4. The molecule has 0 radical (unpaired) electrons. The van der Waals surface area contributed by atoms with Crippen molar-refractivity contribution in [2.75, 3.05) is 62.3 Å². The van der Waals surface area contributed by atoms with E-state index in [9.17, 15) is 13.2 Å². The van der Waals surface area contributed by atoms with Crippen LogP contribution in [0.3, 0.4) is 0 Å². The molecule has 10 nitrogen and oxygen atoms in total. The molecule has 2 N–H and O–H groups in total. The first-order chi connectivity index (χ1) is 18.7. The fourth-order valence-corrected chi connectivity index (χ4v) is 6.59. The second kappa shape index (κ2) is 11.1. The summed E-state index contributed by atoms with van der Waals surface area (Å²) >= 11 is 0. The van der Waals surface area contributed by atoms with Crippen molar-refractivity contribution >= 4 is 50.6 Å². The Kier molecular flexibility index (Phi) is 7.93. The van der Waals surface area contributed by atoms with Gasteiger partial charge in [0.2, 0.25) is 21.8 Å². The summed E-state index contributed by atoms with van der Waals surface area (Å²) in [6.07, 6.45) is 8.15. The molecular weight excluding hydrogens is 552 g/mol. The highest BCUT2D eigenvalue weighted by Gasteiger charge is 2.54. The molecule has 3 aromatic rings. The maximum Gasteiger partial charge on any atom is 0.238 e. The van der Waals surface area contributed by atoms with Crippen molar-refractivity contribution in [3.05, 3.63) is 42.2 Å². The van der Waals surface area contributed by atoms with Crippen LogP contribution in [0.2, 0.25) is 0 Å².